The highest BCUT2D eigenvalue weighted by atomic mass is 28.3. The van der Waals surface area contributed by atoms with Gasteiger partial charge in [0.1, 0.15) is 5.82 Å². The fraction of sp³-hybridized carbons (Fsp3) is 0.613. The molecule has 2 aromatic rings. The molecule has 0 aromatic heterocycles. The standard InChI is InChI=1S/C31H41F5OSi/c1-2-3-4-15-38-16-13-22(14-17-38)6-5-21-7-9-23(10-8-21)24-11-12-26(27(32)18-24)25-19-28(33)30(29(34)20-25)37-31(35)36/h11-12,18-23,31,38H,2-10,13-17H2,1H3/t21?,22-,23?,38-. The Morgan fingerprint density at radius 2 is 1.45 bits per heavy atom. The normalized spacial score (nSPS) is 24.1. The first kappa shape index (κ1) is 29.1. The molecular formula is C31H41F5OSi. The highest BCUT2D eigenvalue weighted by Crippen LogP contribution is 2.41. The number of ether oxygens (including phenoxy) is 1. The van der Waals surface area contributed by atoms with Gasteiger partial charge in [-0.1, -0.05) is 82.1 Å². The van der Waals surface area contributed by atoms with E-state index >= 15 is 0 Å². The Balaban J connectivity index is 1.25. The van der Waals surface area contributed by atoms with Gasteiger partial charge in [0.2, 0.25) is 0 Å². The first-order valence-corrected chi connectivity index (χ1v) is 17.0. The highest BCUT2D eigenvalue weighted by molar-refractivity contribution is 6.58. The van der Waals surface area contributed by atoms with E-state index in [1.165, 1.54) is 57.1 Å². The van der Waals surface area contributed by atoms with Crippen molar-refractivity contribution in [3.05, 3.63) is 53.3 Å². The maximum absolute atomic E-state index is 15.0. The lowest BCUT2D eigenvalue weighted by Gasteiger charge is -2.32. The average molecular weight is 553 g/mol. The van der Waals surface area contributed by atoms with E-state index in [9.17, 15) is 22.0 Å². The molecule has 4 rings (SSSR count). The first-order chi connectivity index (χ1) is 18.3. The molecule has 210 valence electrons. The summed E-state index contributed by atoms with van der Waals surface area (Å²) in [6.45, 7) is -1.06. The lowest BCUT2D eigenvalue weighted by molar-refractivity contribution is -0.0546. The first-order valence-electron chi connectivity index (χ1n) is 14.6. The average Bonchev–Trinajstić information content (AvgIpc) is 2.90. The summed E-state index contributed by atoms with van der Waals surface area (Å²) >= 11 is 0. The molecule has 1 aliphatic carbocycles. The van der Waals surface area contributed by atoms with E-state index in [0.717, 1.165) is 55.2 Å². The van der Waals surface area contributed by atoms with E-state index in [1.807, 2.05) is 6.07 Å². The van der Waals surface area contributed by atoms with Gasteiger partial charge in [-0.15, -0.1) is 0 Å². The van der Waals surface area contributed by atoms with Gasteiger partial charge in [-0.2, -0.15) is 8.78 Å². The van der Waals surface area contributed by atoms with Crippen LogP contribution in [0.3, 0.4) is 0 Å². The Kier molecular flexibility index (Phi) is 10.7. The Morgan fingerprint density at radius 1 is 0.816 bits per heavy atom. The number of hydrogen-bond donors (Lipinski definition) is 0. The number of halogens is 5. The third-order valence-electron chi connectivity index (χ3n) is 8.99. The molecule has 0 radical (unpaired) electrons. The van der Waals surface area contributed by atoms with Gasteiger partial charge < -0.3 is 4.74 Å². The van der Waals surface area contributed by atoms with E-state index < -0.39 is 38.6 Å². The van der Waals surface area contributed by atoms with Gasteiger partial charge in [-0.05, 0) is 72.8 Å². The van der Waals surface area contributed by atoms with Crippen molar-refractivity contribution in [3.8, 4) is 16.9 Å². The third kappa shape index (κ3) is 7.83. The number of rotatable bonds is 11. The summed E-state index contributed by atoms with van der Waals surface area (Å²) in [5.41, 5.74) is 0.897. The molecule has 1 saturated heterocycles. The van der Waals surface area contributed by atoms with Crippen molar-refractivity contribution in [2.24, 2.45) is 11.8 Å². The minimum absolute atomic E-state index is 0.0342. The molecule has 0 amide bonds. The lowest BCUT2D eigenvalue weighted by Crippen LogP contribution is -2.22. The zero-order valence-electron chi connectivity index (χ0n) is 22.5. The molecule has 1 heterocycles. The van der Waals surface area contributed by atoms with Crippen molar-refractivity contribution in [3.63, 3.8) is 0 Å². The van der Waals surface area contributed by atoms with Crippen LogP contribution in [0.25, 0.3) is 11.1 Å². The molecule has 0 bridgehead atoms. The van der Waals surface area contributed by atoms with Crippen LogP contribution in [0.1, 0.15) is 89.0 Å². The smallest absolute Gasteiger partial charge is 0.387 e. The summed E-state index contributed by atoms with van der Waals surface area (Å²) in [5.74, 6) is -2.33. The summed E-state index contributed by atoms with van der Waals surface area (Å²) in [7, 11) is -0.440. The van der Waals surface area contributed by atoms with Gasteiger partial charge in [0, 0.05) is 14.4 Å². The molecule has 0 spiro atoms. The monoisotopic (exact) mass is 552 g/mol. The molecular weight excluding hydrogens is 511 g/mol. The third-order valence-corrected chi connectivity index (χ3v) is 12.5. The molecule has 38 heavy (non-hydrogen) atoms. The Hall–Kier alpha value is -1.89. The minimum atomic E-state index is -3.35. The summed E-state index contributed by atoms with van der Waals surface area (Å²) in [6.07, 6.45) is 14.2. The quantitative estimate of drug-likeness (QED) is 0.153. The number of unbranched alkanes of at least 4 members (excludes halogenated alkanes) is 2. The van der Waals surface area contributed by atoms with Gasteiger partial charge in [-0.25, -0.2) is 13.2 Å². The van der Waals surface area contributed by atoms with Crippen LogP contribution in [-0.4, -0.2) is 15.4 Å². The van der Waals surface area contributed by atoms with Gasteiger partial charge in [-0.3, -0.25) is 0 Å². The predicted octanol–water partition coefficient (Wildman–Crippen LogP) is 10.3. The summed E-state index contributed by atoms with van der Waals surface area (Å²) in [5, 5.41) is 0. The van der Waals surface area contributed by atoms with Crippen LogP contribution in [0, 0.1) is 29.3 Å². The topological polar surface area (TPSA) is 9.23 Å². The van der Waals surface area contributed by atoms with Crippen LogP contribution >= 0.6 is 0 Å². The zero-order valence-corrected chi connectivity index (χ0v) is 23.6. The van der Waals surface area contributed by atoms with Crippen LogP contribution in [0.2, 0.25) is 18.1 Å². The molecule has 7 heteroatoms. The number of alkyl halides is 2. The van der Waals surface area contributed by atoms with E-state index in [4.69, 9.17) is 0 Å². The summed E-state index contributed by atoms with van der Waals surface area (Å²) in [6, 6.07) is 11.1. The van der Waals surface area contributed by atoms with Crippen LogP contribution in [0.5, 0.6) is 5.75 Å². The second kappa shape index (κ2) is 13.9. The van der Waals surface area contributed by atoms with Gasteiger partial charge in [0.15, 0.2) is 17.4 Å². The van der Waals surface area contributed by atoms with Crippen LogP contribution in [0.15, 0.2) is 30.3 Å². The van der Waals surface area contributed by atoms with E-state index in [1.54, 1.807) is 18.1 Å². The van der Waals surface area contributed by atoms with Crippen molar-refractivity contribution in [1.82, 2.24) is 0 Å². The van der Waals surface area contributed by atoms with Crippen molar-refractivity contribution in [2.75, 3.05) is 0 Å². The Labute approximate surface area is 225 Å². The molecule has 1 saturated carbocycles. The number of benzene rings is 2. The van der Waals surface area contributed by atoms with Crippen LogP contribution < -0.4 is 4.74 Å². The van der Waals surface area contributed by atoms with Crippen LogP contribution in [-0.2, 0) is 0 Å². The largest absolute Gasteiger partial charge is 0.429 e. The molecule has 0 N–H and O–H groups in total. The predicted molar refractivity (Wildman–Crippen MR) is 146 cm³/mol. The Morgan fingerprint density at radius 3 is 2.03 bits per heavy atom. The van der Waals surface area contributed by atoms with E-state index in [2.05, 4.69) is 11.7 Å². The molecule has 1 aliphatic heterocycles. The van der Waals surface area contributed by atoms with Crippen molar-refractivity contribution >= 4 is 8.80 Å². The van der Waals surface area contributed by atoms with E-state index in [0.29, 0.717) is 0 Å². The van der Waals surface area contributed by atoms with E-state index in [-0.39, 0.29) is 17.0 Å². The molecule has 1 nitrogen and oxygen atoms in total. The fourth-order valence-corrected chi connectivity index (χ4v) is 10.3. The fourth-order valence-electron chi connectivity index (χ4n) is 6.68. The molecule has 0 atom stereocenters. The van der Waals surface area contributed by atoms with Crippen molar-refractivity contribution < 1.29 is 26.7 Å². The van der Waals surface area contributed by atoms with Crippen molar-refractivity contribution in [1.29, 1.82) is 0 Å². The zero-order chi connectivity index (χ0) is 27.1. The number of hydrogen-bond acceptors (Lipinski definition) is 1. The minimum Gasteiger partial charge on any atom is -0.429 e. The summed E-state index contributed by atoms with van der Waals surface area (Å²) in [4.78, 5) is 0. The SMILES string of the molecule is CCCCC[Si@H]1CC[C@H](CCC2CCC(c3ccc(-c4cc(F)c(OC(F)F)c(F)c4)c(F)c3)CC2)CC1. The second-order valence-electron chi connectivity index (χ2n) is 11.6. The van der Waals surface area contributed by atoms with Crippen LogP contribution in [0.4, 0.5) is 22.0 Å². The van der Waals surface area contributed by atoms with Gasteiger partial charge in [0.25, 0.3) is 0 Å². The van der Waals surface area contributed by atoms with Crippen molar-refractivity contribution in [2.45, 2.75) is 108 Å². The second-order valence-corrected chi connectivity index (χ2v) is 15.0. The molecule has 2 aromatic carbocycles. The molecule has 2 aliphatic rings. The Bertz CT molecular complexity index is 1010. The maximum Gasteiger partial charge on any atom is 0.387 e. The van der Waals surface area contributed by atoms with Gasteiger partial charge >= 0.3 is 6.61 Å². The van der Waals surface area contributed by atoms with Gasteiger partial charge in [0.05, 0.1) is 0 Å². The summed E-state index contributed by atoms with van der Waals surface area (Å²) < 4.78 is 71.9. The maximum atomic E-state index is 15.0. The highest BCUT2D eigenvalue weighted by Gasteiger charge is 2.26. The molecule has 2 fully saturated rings. The lowest BCUT2D eigenvalue weighted by atomic mass is 9.76. The molecule has 0 unspecified atom stereocenters.